The molecule has 2 aromatic carbocycles. The normalized spacial score (nSPS) is 23.4. The molecule has 7 rings (SSSR count). The molecule has 11 nitrogen and oxygen atoms in total. The van der Waals surface area contributed by atoms with Crippen LogP contribution in [0.5, 0.6) is 5.75 Å². The summed E-state index contributed by atoms with van der Waals surface area (Å²) in [5, 5.41) is 2.30. The zero-order valence-electron chi connectivity index (χ0n) is 35.0. The highest BCUT2D eigenvalue weighted by molar-refractivity contribution is 6.02. The molecule has 4 fully saturated rings. The SMILES string of the molecule is C#Cc1c(C)cc(OC2C(C)(C)C(CC(=O)c3ccc(N4CCC(CN5CCN(c6cnc(C(=O)C[C@H]7CCC(=O)NC7=O)nc6)CC5)CC4)cc3)C2(C)C)cc1C. The molecule has 58 heavy (non-hydrogen) atoms. The molecule has 3 aliphatic heterocycles. The first kappa shape index (κ1) is 41.1. The molecule has 4 heterocycles. The highest BCUT2D eigenvalue weighted by Gasteiger charge is 2.63. The van der Waals surface area contributed by atoms with Crippen LogP contribution >= 0.6 is 0 Å². The molecule has 0 spiro atoms. The molecule has 2 amide bonds. The fraction of sp³-hybridized carbons (Fsp3) is 0.532. The Bertz CT molecular complexity index is 2030. The second kappa shape index (κ2) is 16.6. The first-order valence-electron chi connectivity index (χ1n) is 20.9. The van der Waals surface area contributed by atoms with E-state index in [0.29, 0.717) is 18.8 Å². The number of nitrogens with one attached hydrogen (secondary N) is 1. The third kappa shape index (κ3) is 8.54. The summed E-state index contributed by atoms with van der Waals surface area (Å²) >= 11 is 0. The zero-order valence-corrected chi connectivity index (χ0v) is 35.0. The van der Waals surface area contributed by atoms with E-state index in [4.69, 9.17) is 11.2 Å². The maximum Gasteiger partial charge on any atom is 0.230 e. The van der Waals surface area contributed by atoms with E-state index in [2.05, 4.69) is 75.7 Å². The summed E-state index contributed by atoms with van der Waals surface area (Å²) < 4.78 is 6.63. The zero-order chi connectivity index (χ0) is 41.4. The Labute approximate surface area is 343 Å². The Balaban J connectivity index is 0.837. The van der Waals surface area contributed by atoms with Gasteiger partial charge < -0.3 is 14.5 Å². The number of hydrogen-bond donors (Lipinski definition) is 1. The van der Waals surface area contributed by atoms with Crippen LogP contribution in [0.1, 0.15) is 104 Å². The Morgan fingerprint density at radius 2 is 1.43 bits per heavy atom. The van der Waals surface area contributed by atoms with E-state index in [-0.39, 0.29) is 59.0 Å². The number of terminal acetylenes is 1. The monoisotopic (exact) mass is 786 g/mol. The second-order valence-electron chi connectivity index (χ2n) is 18.2. The molecule has 4 aliphatic rings. The number of hydrogen-bond acceptors (Lipinski definition) is 10. The van der Waals surface area contributed by atoms with Gasteiger partial charge >= 0.3 is 0 Å². The molecule has 3 saturated heterocycles. The fourth-order valence-corrected chi connectivity index (χ4v) is 10.3. The van der Waals surface area contributed by atoms with Crippen LogP contribution in [0.4, 0.5) is 11.4 Å². The Morgan fingerprint density at radius 1 is 0.828 bits per heavy atom. The lowest BCUT2D eigenvalue weighted by atomic mass is 9.44. The highest BCUT2D eigenvalue weighted by Crippen LogP contribution is 2.61. The molecule has 1 aromatic heterocycles. The van der Waals surface area contributed by atoms with Gasteiger partial charge in [-0.15, -0.1) is 6.42 Å². The minimum absolute atomic E-state index is 0.00497. The number of rotatable bonds is 12. The summed E-state index contributed by atoms with van der Waals surface area (Å²) in [6.45, 7) is 19.7. The number of anilines is 2. The maximum atomic E-state index is 13.7. The molecule has 1 atom stereocenters. The summed E-state index contributed by atoms with van der Waals surface area (Å²) in [5.41, 5.74) is 5.50. The van der Waals surface area contributed by atoms with E-state index in [1.807, 2.05) is 38.1 Å². The lowest BCUT2D eigenvalue weighted by Gasteiger charge is -2.63. The molecular formula is C47H58N6O5. The van der Waals surface area contributed by atoms with Crippen LogP contribution in [0, 0.1) is 54.8 Å². The van der Waals surface area contributed by atoms with Crippen LogP contribution in [-0.4, -0.2) is 90.2 Å². The van der Waals surface area contributed by atoms with Crippen LogP contribution in [-0.2, 0) is 9.59 Å². The number of Topliss-reactive ketones (excluding diaryl/α,β-unsaturated/α-hetero) is 2. The predicted octanol–water partition coefficient (Wildman–Crippen LogP) is 6.44. The van der Waals surface area contributed by atoms with Gasteiger partial charge in [-0.2, -0.15) is 0 Å². The number of ketones is 2. The lowest BCUT2D eigenvalue weighted by Crippen LogP contribution is -2.66. The van der Waals surface area contributed by atoms with Crippen LogP contribution in [0.15, 0.2) is 48.8 Å². The summed E-state index contributed by atoms with van der Waals surface area (Å²) in [6.07, 6.45) is 12.5. The van der Waals surface area contributed by atoms with Crippen LogP contribution in [0.3, 0.4) is 0 Å². The van der Waals surface area contributed by atoms with Gasteiger partial charge in [0, 0.05) is 98.6 Å². The van der Waals surface area contributed by atoms with Crippen molar-refractivity contribution < 1.29 is 23.9 Å². The number of nitrogens with zero attached hydrogens (tertiary/aromatic N) is 5. The number of amides is 2. The van der Waals surface area contributed by atoms with Crippen LogP contribution < -0.4 is 19.9 Å². The number of ether oxygens (including phenoxy) is 1. The largest absolute Gasteiger partial charge is 0.489 e. The van der Waals surface area contributed by atoms with Gasteiger partial charge in [-0.25, -0.2) is 9.97 Å². The standard InChI is InChI=1S/C47H58N6O5/c1-8-38-30(2)23-37(24-31(38)3)58-45-46(4,5)41(47(45,6)7)26-39(54)33-9-12-35(13-10-33)52-17-15-32(16-18-52)29-51-19-21-53(22-20-51)36-27-48-43(49-28-36)40(55)25-34-11-14-42(56)50-44(34)57/h1,9-10,12-13,23-24,27-28,32,34,41,45H,11,14-22,25-26,29H2,2-7H3,(H,50,56,57)/t34-,41?,45?/m1/s1. The quantitative estimate of drug-likeness (QED) is 0.125. The molecule has 1 saturated carbocycles. The number of carbonyl (C=O) groups excluding carboxylic acids is 4. The molecule has 0 unspecified atom stereocenters. The third-order valence-electron chi connectivity index (χ3n) is 13.5. The molecule has 1 aliphatic carbocycles. The van der Waals surface area contributed by atoms with Gasteiger partial charge in [-0.3, -0.25) is 29.4 Å². The van der Waals surface area contributed by atoms with E-state index in [1.165, 1.54) is 5.69 Å². The van der Waals surface area contributed by atoms with E-state index in [9.17, 15) is 19.2 Å². The van der Waals surface area contributed by atoms with E-state index in [1.54, 1.807) is 12.4 Å². The summed E-state index contributed by atoms with van der Waals surface area (Å²) in [6, 6.07) is 12.3. The molecule has 11 heteroatoms. The molecule has 1 N–H and O–H groups in total. The average Bonchev–Trinajstić information content (AvgIpc) is 3.20. The van der Waals surface area contributed by atoms with Crippen molar-refractivity contribution in [2.24, 2.45) is 28.6 Å². The van der Waals surface area contributed by atoms with Gasteiger partial charge in [0.15, 0.2) is 11.6 Å². The number of benzene rings is 2. The van der Waals surface area contributed by atoms with Crippen molar-refractivity contribution in [1.29, 1.82) is 0 Å². The summed E-state index contributed by atoms with van der Waals surface area (Å²) in [4.78, 5) is 65.7. The minimum atomic E-state index is -0.517. The lowest BCUT2D eigenvalue weighted by molar-refractivity contribution is -0.196. The van der Waals surface area contributed by atoms with Gasteiger partial charge in [-0.05, 0) is 92.5 Å². The molecule has 0 bridgehead atoms. The highest BCUT2D eigenvalue weighted by atomic mass is 16.5. The number of carbonyl (C=O) groups is 4. The first-order chi connectivity index (χ1) is 27.6. The minimum Gasteiger partial charge on any atom is -0.489 e. The topological polar surface area (TPSA) is 125 Å². The van der Waals surface area contributed by atoms with Crippen molar-refractivity contribution >= 4 is 34.8 Å². The Kier molecular flexibility index (Phi) is 11.8. The van der Waals surface area contributed by atoms with E-state index >= 15 is 0 Å². The van der Waals surface area contributed by atoms with Crippen LogP contribution in [0.2, 0.25) is 0 Å². The van der Waals surface area contributed by atoms with Crippen molar-refractivity contribution in [3.63, 3.8) is 0 Å². The number of piperidine rings is 2. The fourth-order valence-electron chi connectivity index (χ4n) is 10.3. The van der Waals surface area contributed by atoms with Crippen molar-refractivity contribution in [2.45, 2.75) is 86.2 Å². The number of aryl methyl sites for hydroxylation is 2. The van der Waals surface area contributed by atoms with Crippen molar-refractivity contribution in [3.05, 3.63) is 76.9 Å². The van der Waals surface area contributed by atoms with Crippen molar-refractivity contribution in [2.75, 3.05) is 55.6 Å². The molecule has 0 radical (unpaired) electrons. The Hall–Kier alpha value is -5.08. The summed E-state index contributed by atoms with van der Waals surface area (Å²) in [5.74, 6) is 3.24. The smallest absolute Gasteiger partial charge is 0.230 e. The van der Waals surface area contributed by atoms with E-state index < -0.39 is 11.8 Å². The number of aromatic nitrogens is 2. The van der Waals surface area contributed by atoms with Crippen molar-refractivity contribution in [3.8, 4) is 18.1 Å². The summed E-state index contributed by atoms with van der Waals surface area (Å²) in [7, 11) is 0. The molecule has 306 valence electrons. The Morgan fingerprint density at radius 3 is 2.02 bits per heavy atom. The molecule has 3 aromatic rings. The van der Waals surface area contributed by atoms with Crippen LogP contribution in [0.25, 0.3) is 0 Å². The van der Waals surface area contributed by atoms with E-state index in [0.717, 1.165) is 92.3 Å². The first-order valence-corrected chi connectivity index (χ1v) is 20.9. The third-order valence-corrected chi connectivity index (χ3v) is 13.5. The van der Waals surface area contributed by atoms with Gasteiger partial charge in [0.2, 0.25) is 17.6 Å². The van der Waals surface area contributed by atoms with Gasteiger partial charge in [0.1, 0.15) is 11.9 Å². The maximum absolute atomic E-state index is 13.7. The average molecular weight is 787 g/mol. The number of imide groups is 1. The van der Waals surface area contributed by atoms with Gasteiger partial charge in [0.05, 0.1) is 18.1 Å². The van der Waals surface area contributed by atoms with Gasteiger partial charge in [0.25, 0.3) is 0 Å². The number of piperazine rings is 1. The van der Waals surface area contributed by atoms with Gasteiger partial charge in [-0.1, -0.05) is 33.6 Å². The predicted molar refractivity (Wildman–Crippen MR) is 225 cm³/mol. The molecular weight excluding hydrogens is 729 g/mol. The van der Waals surface area contributed by atoms with Crippen molar-refractivity contribution in [1.82, 2.24) is 20.2 Å². The second-order valence-corrected chi connectivity index (χ2v) is 18.2.